The quantitative estimate of drug-likeness (QED) is 0.540. The fourth-order valence-corrected chi connectivity index (χ4v) is 1.13. The van der Waals surface area contributed by atoms with Crippen LogP contribution in [0.2, 0.25) is 0 Å². The van der Waals surface area contributed by atoms with Crippen molar-refractivity contribution >= 4 is 11.6 Å². The number of hydrogen-bond donors (Lipinski definition) is 0. The molecule has 0 radical (unpaired) electrons. The van der Waals surface area contributed by atoms with Crippen LogP contribution in [0.25, 0.3) is 0 Å². The molecule has 1 heterocycles. The third-order valence-corrected chi connectivity index (χ3v) is 2.01. The highest BCUT2D eigenvalue weighted by Gasteiger charge is 2.10. The van der Waals surface area contributed by atoms with Gasteiger partial charge in [0, 0.05) is 13.1 Å². The Kier molecular flexibility index (Phi) is 3.03. The van der Waals surface area contributed by atoms with Gasteiger partial charge >= 0.3 is 0 Å². The Bertz CT molecular complexity index is 130. The molecular weight excluding hydrogens is 150 g/mol. The lowest BCUT2D eigenvalue weighted by atomic mass is 10.4. The van der Waals surface area contributed by atoms with Gasteiger partial charge in [0.25, 0.3) is 0 Å². The molecule has 0 N–H and O–H groups in total. The summed E-state index contributed by atoms with van der Waals surface area (Å²) in [5.41, 5.74) is 0. The number of ether oxygens (including phenoxy) is 1. The van der Waals surface area contributed by atoms with Crippen LogP contribution in [0.15, 0.2) is 11.2 Å². The Labute approximate surface area is 66.4 Å². The number of hydrogen-bond acceptors (Lipinski definition) is 2. The SMILES string of the molecule is C/C=C(\Cl)N1CCOCC1. The van der Waals surface area contributed by atoms with Gasteiger partial charge in [0.1, 0.15) is 5.16 Å². The van der Waals surface area contributed by atoms with E-state index in [-0.39, 0.29) is 0 Å². The number of halogens is 1. The number of nitrogens with zero attached hydrogens (tertiary/aromatic N) is 1. The zero-order valence-corrected chi connectivity index (χ0v) is 6.90. The van der Waals surface area contributed by atoms with Gasteiger partial charge in [0.2, 0.25) is 0 Å². The van der Waals surface area contributed by atoms with Gasteiger partial charge in [-0.3, -0.25) is 0 Å². The van der Waals surface area contributed by atoms with E-state index in [1.54, 1.807) is 0 Å². The molecule has 0 saturated carbocycles. The molecule has 1 fully saturated rings. The molecule has 58 valence electrons. The topological polar surface area (TPSA) is 12.5 Å². The number of morpholine rings is 1. The van der Waals surface area contributed by atoms with Gasteiger partial charge in [-0.2, -0.15) is 0 Å². The Morgan fingerprint density at radius 1 is 1.50 bits per heavy atom. The first-order valence-electron chi connectivity index (χ1n) is 3.49. The van der Waals surface area contributed by atoms with E-state index in [2.05, 4.69) is 4.90 Å². The normalized spacial score (nSPS) is 21.4. The van der Waals surface area contributed by atoms with Gasteiger partial charge in [-0.1, -0.05) is 17.7 Å². The van der Waals surface area contributed by atoms with Crippen LogP contribution in [0.3, 0.4) is 0 Å². The van der Waals surface area contributed by atoms with Crippen LogP contribution in [0.4, 0.5) is 0 Å². The number of allylic oxidation sites excluding steroid dienone is 1. The van der Waals surface area contributed by atoms with E-state index >= 15 is 0 Å². The van der Waals surface area contributed by atoms with Crippen LogP contribution >= 0.6 is 11.6 Å². The average molecular weight is 162 g/mol. The van der Waals surface area contributed by atoms with Gasteiger partial charge in [0.05, 0.1) is 13.2 Å². The van der Waals surface area contributed by atoms with Crippen molar-refractivity contribution in [2.75, 3.05) is 26.3 Å². The van der Waals surface area contributed by atoms with Crippen molar-refractivity contribution in [3.05, 3.63) is 11.2 Å². The Morgan fingerprint density at radius 2 is 2.10 bits per heavy atom. The second-order valence-corrected chi connectivity index (χ2v) is 2.60. The van der Waals surface area contributed by atoms with Gasteiger partial charge in [0.15, 0.2) is 0 Å². The van der Waals surface area contributed by atoms with Gasteiger partial charge in [-0.05, 0) is 6.92 Å². The van der Waals surface area contributed by atoms with Gasteiger partial charge in [-0.25, -0.2) is 0 Å². The van der Waals surface area contributed by atoms with Crippen molar-refractivity contribution in [2.24, 2.45) is 0 Å². The Balaban J connectivity index is 2.39. The third kappa shape index (κ3) is 1.89. The zero-order valence-electron chi connectivity index (χ0n) is 6.14. The van der Waals surface area contributed by atoms with Crippen molar-refractivity contribution in [1.29, 1.82) is 0 Å². The summed E-state index contributed by atoms with van der Waals surface area (Å²) in [7, 11) is 0. The van der Waals surface area contributed by atoms with Crippen LogP contribution in [-0.4, -0.2) is 31.2 Å². The van der Waals surface area contributed by atoms with E-state index in [1.807, 2.05) is 13.0 Å². The van der Waals surface area contributed by atoms with E-state index in [0.717, 1.165) is 31.5 Å². The molecule has 0 atom stereocenters. The van der Waals surface area contributed by atoms with Gasteiger partial charge in [-0.15, -0.1) is 0 Å². The summed E-state index contributed by atoms with van der Waals surface area (Å²) in [5, 5.41) is 0.836. The molecule has 0 amide bonds. The monoisotopic (exact) mass is 161 g/mol. The van der Waals surface area contributed by atoms with Crippen LogP contribution in [0.5, 0.6) is 0 Å². The minimum absolute atomic E-state index is 0.796. The highest BCUT2D eigenvalue weighted by Crippen LogP contribution is 2.10. The van der Waals surface area contributed by atoms with E-state index < -0.39 is 0 Å². The maximum Gasteiger partial charge on any atom is 0.100 e. The Morgan fingerprint density at radius 3 is 2.60 bits per heavy atom. The lowest BCUT2D eigenvalue weighted by Gasteiger charge is -2.27. The molecule has 0 aromatic rings. The fraction of sp³-hybridized carbons (Fsp3) is 0.714. The lowest BCUT2D eigenvalue weighted by Crippen LogP contribution is -2.34. The van der Waals surface area contributed by atoms with Crippen LogP contribution < -0.4 is 0 Å². The Hall–Kier alpha value is -0.210. The van der Waals surface area contributed by atoms with Gasteiger partial charge < -0.3 is 9.64 Å². The molecule has 0 aliphatic carbocycles. The molecule has 10 heavy (non-hydrogen) atoms. The summed E-state index contributed by atoms with van der Waals surface area (Å²) in [4.78, 5) is 2.12. The van der Waals surface area contributed by atoms with Crippen molar-refractivity contribution in [3.8, 4) is 0 Å². The smallest absolute Gasteiger partial charge is 0.100 e. The van der Waals surface area contributed by atoms with E-state index in [9.17, 15) is 0 Å². The molecule has 1 aliphatic rings. The summed E-state index contributed by atoms with van der Waals surface area (Å²) in [6.07, 6.45) is 1.91. The molecule has 0 bridgehead atoms. The second kappa shape index (κ2) is 3.84. The molecule has 3 heteroatoms. The first-order chi connectivity index (χ1) is 4.84. The molecule has 0 unspecified atom stereocenters. The van der Waals surface area contributed by atoms with Crippen molar-refractivity contribution in [1.82, 2.24) is 4.90 Å². The fourth-order valence-electron chi connectivity index (χ4n) is 0.960. The first kappa shape index (κ1) is 7.89. The molecule has 1 aliphatic heterocycles. The van der Waals surface area contributed by atoms with Crippen molar-refractivity contribution < 1.29 is 4.74 Å². The highest BCUT2D eigenvalue weighted by molar-refractivity contribution is 6.29. The van der Waals surface area contributed by atoms with Crippen molar-refractivity contribution in [2.45, 2.75) is 6.92 Å². The van der Waals surface area contributed by atoms with Crippen LogP contribution in [0.1, 0.15) is 6.92 Å². The standard InChI is InChI=1S/C7H12ClNO/c1-2-7(8)9-3-5-10-6-4-9/h2H,3-6H2,1H3/b7-2+. The molecule has 2 nitrogen and oxygen atoms in total. The molecule has 1 rings (SSSR count). The van der Waals surface area contributed by atoms with Crippen LogP contribution in [0, 0.1) is 0 Å². The molecular formula is C7H12ClNO. The zero-order chi connectivity index (χ0) is 7.40. The molecule has 0 spiro atoms. The van der Waals surface area contributed by atoms with E-state index in [0.29, 0.717) is 0 Å². The predicted molar refractivity (Wildman–Crippen MR) is 42.0 cm³/mol. The van der Waals surface area contributed by atoms with Crippen molar-refractivity contribution in [3.63, 3.8) is 0 Å². The highest BCUT2D eigenvalue weighted by atomic mass is 35.5. The second-order valence-electron chi connectivity index (χ2n) is 2.21. The molecule has 0 aromatic heterocycles. The predicted octanol–water partition coefficient (Wildman–Crippen LogP) is 1.42. The van der Waals surface area contributed by atoms with E-state index in [1.165, 1.54) is 0 Å². The molecule has 0 aromatic carbocycles. The minimum atomic E-state index is 0.796. The molecule has 1 saturated heterocycles. The minimum Gasteiger partial charge on any atom is -0.378 e. The maximum atomic E-state index is 5.88. The summed E-state index contributed by atoms with van der Waals surface area (Å²) in [5.74, 6) is 0. The third-order valence-electron chi connectivity index (χ3n) is 1.55. The summed E-state index contributed by atoms with van der Waals surface area (Å²) >= 11 is 5.88. The maximum absolute atomic E-state index is 5.88. The number of rotatable bonds is 1. The summed E-state index contributed by atoms with van der Waals surface area (Å²) in [6, 6.07) is 0. The van der Waals surface area contributed by atoms with E-state index in [4.69, 9.17) is 16.3 Å². The lowest BCUT2D eigenvalue weighted by molar-refractivity contribution is 0.0572. The summed E-state index contributed by atoms with van der Waals surface area (Å²) < 4.78 is 5.17. The summed E-state index contributed by atoms with van der Waals surface area (Å²) in [6.45, 7) is 5.37. The average Bonchev–Trinajstić information content (AvgIpc) is 2.05. The van der Waals surface area contributed by atoms with Crippen LogP contribution in [-0.2, 0) is 4.74 Å². The largest absolute Gasteiger partial charge is 0.378 e. The first-order valence-corrected chi connectivity index (χ1v) is 3.87.